The first-order valence-electron chi connectivity index (χ1n) is 6.04. The van der Waals surface area contributed by atoms with Gasteiger partial charge in [-0.3, -0.25) is 4.90 Å². The fraction of sp³-hybridized carbons (Fsp3) is 1.00. The first-order valence-corrected chi connectivity index (χ1v) is 6.04. The van der Waals surface area contributed by atoms with Crippen LogP contribution in [0.15, 0.2) is 0 Å². The van der Waals surface area contributed by atoms with Crippen LogP contribution in [0.5, 0.6) is 0 Å². The van der Waals surface area contributed by atoms with Gasteiger partial charge in [0.25, 0.3) is 0 Å². The van der Waals surface area contributed by atoms with Gasteiger partial charge in [-0.1, -0.05) is 0 Å². The number of alkyl halides is 3. The van der Waals surface area contributed by atoms with E-state index >= 15 is 0 Å². The van der Waals surface area contributed by atoms with Gasteiger partial charge in [0.15, 0.2) is 11.4 Å². The van der Waals surface area contributed by atoms with Gasteiger partial charge in [0, 0.05) is 32.5 Å². The monoisotopic (exact) mass is 269 g/mol. The molecule has 0 radical (unpaired) electrons. The van der Waals surface area contributed by atoms with Crippen LogP contribution in [0.25, 0.3) is 0 Å². The lowest BCUT2D eigenvalue weighted by Crippen LogP contribution is -2.55. The minimum Gasteiger partial charge on any atom is -0.380 e. The van der Waals surface area contributed by atoms with Gasteiger partial charge in [-0.2, -0.15) is 13.2 Å². The molecule has 0 bridgehead atoms. The second-order valence-corrected chi connectivity index (χ2v) is 5.16. The van der Waals surface area contributed by atoms with E-state index in [2.05, 4.69) is 0 Å². The highest BCUT2D eigenvalue weighted by Gasteiger charge is 2.51. The third-order valence-corrected chi connectivity index (χ3v) is 3.57. The molecule has 2 fully saturated rings. The molecule has 1 unspecified atom stereocenters. The van der Waals surface area contributed by atoms with E-state index in [9.17, 15) is 18.3 Å². The van der Waals surface area contributed by atoms with Crippen LogP contribution in [0.3, 0.4) is 0 Å². The number of hydrogen-bond donors (Lipinski definition) is 1. The number of hydrogen-bond acceptors (Lipinski definition) is 4. The molecular weight excluding hydrogens is 251 g/mol. The minimum atomic E-state index is -4.61. The Bertz CT molecular complexity index is 290. The van der Waals surface area contributed by atoms with Gasteiger partial charge in [-0.25, -0.2) is 0 Å². The second-order valence-electron chi connectivity index (χ2n) is 5.16. The molecule has 0 aromatic rings. The number of likely N-dealkylation sites (tertiary alicyclic amines) is 1. The number of nitrogens with zero attached hydrogens (tertiary/aromatic N) is 1. The second kappa shape index (κ2) is 4.63. The van der Waals surface area contributed by atoms with Gasteiger partial charge < -0.3 is 14.6 Å². The summed E-state index contributed by atoms with van der Waals surface area (Å²) in [5.74, 6) is -0.597. The van der Waals surface area contributed by atoms with Crippen molar-refractivity contribution >= 4 is 0 Å². The van der Waals surface area contributed by atoms with Crippen molar-refractivity contribution in [2.24, 2.45) is 0 Å². The topological polar surface area (TPSA) is 41.9 Å². The molecule has 1 spiro atoms. The zero-order chi connectivity index (χ0) is 13.4. The van der Waals surface area contributed by atoms with Crippen molar-refractivity contribution in [3.05, 3.63) is 0 Å². The lowest BCUT2D eigenvalue weighted by molar-refractivity contribution is -0.261. The van der Waals surface area contributed by atoms with E-state index in [-0.39, 0.29) is 0 Å². The van der Waals surface area contributed by atoms with Crippen LogP contribution in [0, 0.1) is 0 Å². The maximum Gasteiger partial charge on any atom is 0.418 e. The molecule has 2 aliphatic rings. The summed E-state index contributed by atoms with van der Waals surface area (Å²) in [6.45, 7) is 2.35. The molecule has 18 heavy (non-hydrogen) atoms. The van der Waals surface area contributed by atoms with E-state index < -0.39 is 24.1 Å². The van der Waals surface area contributed by atoms with Gasteiger partial charge in [-0.05, 0) is 6.92 Å². The van der Waals surface area contributed by atoms with E-state index in [1.54, 1.807) is 4.90 Å². The van der Waals surface area contributed by atoms with Crippen molar-refractivity contribution in [3.63, 3.8) is 0 Å². The first kappa shape index (κ1) is 14.0. The minimum absolute atomic E-state index is 0.410. The van der Waals surface area contributed by atoms with Crippen LogP contribution in [0.1, 0.15) is 19.8 Å². The molecular formula is C11H18F3NO3. The molecule has 106 valence electrons. The Balaban J connectivity index is 1.87. The highest BCUT2D eigenvalue weighted by Crippen LogP contribution is 2.34. The SMILES string of the molecule is CC(O)(CN1CCC2(CC1)OCCO2)C(F)(F)F. The molecule has 0 saturated carbocycles. The van der Waals surface area contributed by atoms with Crippen LogP contribution >= 0.6 is 0 Å². The molecule has 1 atom stereocenters. The van der Waals surface area contributed by atoms with Crippen LogP contribution in [-0.2, 0) is 9.47 Å². The average Bonchev–Trinajstić information content (AvgIpc) is 2.69. The summed E-state index contributed by atoms with van der Waals surface area (Å²) < 4.78 is 48.7. The van der Waals surface area contributed by atoms with Crippen molar-refractivity contribution in [1.29, 1.82) is 0 Å². The Morgan fingerprint density at radius 2 is 1.67 bits per heavy atom. The molecule has 0 aromatic heterocycles. The van der Waals surface area contributed by atoms with Gasteiger partial charge in [-0.15, -0.1) is 0 Å². The molecule has 1 N–H and O–H groups in total. The fourth-order valence-electron chi connectivity index (χ4n) is 2.36. The van der Waals surface area contributed by atoms with Crippen molar-refractivity contribution in [1.82, 2.24) is 4.90 Å². The van der Waals surface area contributed by atoms with Crippen molar-refractivity contribution in [2.75, 3.05) is 32.8 Å². The third-order valence-electron chi connectivity index (χ3n) is 3.57. The summed E-state index contributed by atoms with van der Waals surface area (Å²) in [6.07, 6.45) is -3.52. The molecule has 4 nitrogen and oxygen atoms in total. The molecule has 2 aliphatic heterocycles. The largest absolute Gasteiger partial charge is 0.418 e. The zero-order valence-electron chi connectivity index (χ0n) is 10.3. The maximum atomic E-state index is 12.6. The first-order chi connectivity index (χ1) is 8.24. The predicted octanol–water partition coefficient (Wildman–Crippen LogP) is 1.14. The summed E-state index contributed by atoms with van der Waals surface area (Å²) in [5, 5.41) is 9.43. The quantitative estimate of drug-likeness (QED) is 0.816. The van der Waals surface area contributed by atoms with Gasteiger partial charge >= 0.3 is 6.18 Å². The number of β-amino-alcohol motifs (C(OH)–C–C–N with tert-alkyl or cyclic N) is 1. The van der Waals surface area contributed by atoms with Crippen LogP contribution in [0.4, 0.5) is 13.2 Å². The summed E-state index contributed by atoms with van der Waals surface area (Å²) in [6, 6.07) is 0. The van der Waals surface area contributed by atoms with Crippen LogP contribution in [-0.4, -0.2) is 60.4 Å². The standard InChI is InChI=1S/C11H18F3NO3/c1-9(16,11(12,13)14)8-15-4-2-10(3-5-15)17-6-7-18-10/h16H,2-8H2,1H3. The summed E-state index contributed by atoms with van der Waals surface area (Å²) in [7, 11) is 0. The highest BCUT2D eigenvalue weighted by atomic mass is 19.4. The number of rotatable bonds is 2. The lowest BCUT2D eigenvalue weighted by atomic mass is 10.00. The highest BCUT2D eigenvalue weighted by molar-refractivity contribution is 4.89. The fourth-order valence-corrected chi connectivity index (χ4v) is 2.36. The third kappa shape index (κ3) is 2.79. The van der Waals surface area contributed by atoms with Crippen molar-refractivity contribution in [2.45, 2.75) is 37.3 Å². The van der Waals surface area contributed by atoms with E-state index in [0.717, 1.165) is 6.92 Å². The number of aliphatic hydroxyl groups is 1. The van der Waals surface area contributed by atoms with Crippen molar-refractivity contribution < 1.29 is 27.8 Å². The predicted molar refractivity (Wildman–Crippen MR) is 57.0 cm³/mol. The summed E-state index contributed by atoms with van der Waals surface area (Å²) in [5.41, 5.74) is -2.67. The van der Waals surface area contributed by atoms with Crippen LogP contribution < -0.4 is 0 Å². The molecule has 0 aromatic carbocycles. The van der Waals surface area contributed by atoms with E-state index in [1.165, 1.54) is 0 Å². The number of piperidine rings is 1. The smallest absolute Gasteiger partial charge is 0.380 e. The Morgan fingerprint density at radius 3 is 2.11 bits per heavy atom. The molecule has 2 rings (SSSR count). The lowest BCUT2D eigenvalue weighted by Gasteiger charge is -2.40. The Hall–Kier alpha value is -0.370. The van der Waals surface area contributed by atoms with Gasteiger partial charge in [0.1, 0.15) is 0 Å². The normalized spacial score (nSPS) is 28.5. The van der Waals surface area contributed by atoms with E-state index in [4.69, 9.17) is 9.47 Å². The van der Waals surface area contributed by atoms with Gasteiger partial charge in [0.2, 0.25) is 0 Å². The maximum absolute atomic E-state index is 12.6. The number of halogens is 3. The molecule has 7 heteroatoms. The molecule has 2 heterocycles. The molecule has 0 amide bonds. The summed E-state index contributed by atoms with van der Waals surface area (Å²) in [4.78, 5) is 1.60. The van der Waals surface area contributed by atoms with E-state index in [1.807, 2.05) is 0 Å². The van der Waals surface area contributed by atoms with E-state index in [0.29, 0.717) is 39.1 Å². The van der Waals surface area contributed by atoms with Crippen LogP contribution in [0.2, 0.25) is 0 Å². The Labute approximate surface area is 104 Å². The molecule has 0 aliphatic carbocycles. The number of ether oxygens (including phenoxy) is 2. The van der Waals surface area contributed by atoms with Gasteiger partial charge in [0.05, 0.1) is 13.2 Å². The Kier molecular flexibility index (Phi) is 3.61. The zero-order valence-corrected chi connectivity index (χ0v) is 10.3. The van der Waals surface area contributed by atoms with Crippen molar-refractivity contribution in [3.8, 4) is 0 Å². The molecule has 2 saturated heterocycles. The average molecular weight is 269 g/mol. The Morgan fingerprint density at radius 1 is 1.17 bits per heavy atom. The summed E-state index contributed by atoms with van der Waals surface area (Å²) >= 11 is 0.